The van der Waals surface area contributed by atoms with Crippen molar-refractivity contribution in [3.8, 4) is 0 Å². The average Bonchev–Trinajstić information content (AvgIpc) is 2.60. The molecule has 1 unspecified atom stereocenters. The highest BCUT2D eigenvalue weighted by Gasteiger charge is 2.07. The van der Waals surface area contributed by atoms with Crippen LogP contribution in [0.5, 0.6) is 0 Å². The second-order valence-corrected chi connectivity index (χ2v) is 3.72. The minimum absolute atomic E-state index is 0.462. The summed E-state index contributed by atoms with van der Waals surface area (Å²) >= 11 is 0. The van der Waals surface area contributed by atoms with Gasteiger partial charge in [-0.05, 0) is 13.3 Å². The fraction of sp³-hybridized carbons (Fsp3) is 0.727. The first-order valence-corrected chi connectivity index (χ1v) is 5.44. The van der Waals surface area contributed by atoms with E-state index in [2.05, 4.69) is 11.9 Å². The number of rotatable bonds is 6. The van der Waals surface area contributed by atoms with Crippen LogP contribution in [0.1, 0.15) is 51.5 Å². The molecule has 0 radical (unpaired) electrons. The Kier molecular flexibility index (Phi) is 4.66. The van der Waals surface area contributed by atoms with Crippen molar-refractivity contribution in [3.63, 3.8) is 0 Å². The highest BCUT2D eigenvalue weighted by Crippen LogP contribution is 2.11. The van der Waals surface area contributed by atoms with E-state index in [0.29, 0.717) is 0 Å². The molecule has 0 aliphatic heterocycles. The first-order chi connectivity index (χ1) is 6.75. The molecule has 0 fully saturated rings. The summed E-state index contributed by atoms with van der Waals surface area (Å²) in [7, 11) is 0. The lowest BCUT2D eigenvalue weighted by Gasteiger charge is -2.09. The third-order valence-electron chi connectivity index (χ3n) is 2.37. The summed E-state index contributed by atoms with van der Waals surface area (Å²) in [5.41, 5.74) is 0. The van der Waals surface area contributed by atoms with E-state index < -0.39 is 6.10 Å². The van der Waals surface area contributed by atoms with Gasteiger partial charge in [0.05, 0.1) is 0 Å². The zero-order valence-corrected chi connectivity index (χ0v) is 9.11. The van der Waals surface area contributed by atoms with Gasteiger partial charge in [-0.2, -0.15) is 0 Å². The first kappa shape index (κ1) is 11.2. The molecule has 14 heavy (non-hydrogen) atoms. The Labute approximate surface area is 85.8 Å². The maximum Gasteiger partial charge on any atom is 0.137 e. The Balaban J connectivity index is 2.38. The van der Waals surface area contributed by atoms with Gasteiger partial charge >= 0.3 is 0 Å². The third kappa shape index (κ3) is 3.14. The van der Waals surface area contributed by atoms with Crippen LogP contribution in [0.15, 0.2) is 12.4 Å². The van der Waals surface area contributed by atoms with E-state index in [-0.39, 0.29) is 0 Å². The van der Waals surface area contributed by atoms with Crippen molar-refractivity contribution in [2.45, 2.75) is 52.2 Å². The van der Waals surface area contributed by atoms with Gasteiger partial charge in [-0.3, -0.25) is 0 Å². The smallest absolute Gasteiger partial charge is 0.137 e. The first-order valence-electron chi connectivity index (χ1n) is 5.44. The minimum atomic E-state index is -0.462. The summed E-state index contributed by atoms with van der Waals surface area (Å²) < 4.78 is 2.04. The van der Waals surface area contributed by atoms with E-state index in [1.54, 1.807) is 13.1 Å². The maximum atomic E-state index is 9.41. The molecule has 0 aliphatic carbocycles. The molecule has 1 N–H and O–H groups in total. The molecule has 0 bridgehead atoms. The zero-order chi connectivity index (χ0) is 10.4. The molecular weight excluding hydrogens is 176 g/mol. The monoisotopic (exact) mass is 196 g/mol. The Morgan fingerprint density at radius 2 is 2.21 bits per heavy atom. The molecule has 0 amide bonds. The summed E-state index contributed by atoms with van der Waals surface area (Å²) in [5.74, 6) is 0.779. The largest absolute Gasteiger partial charge is 0.385 e. The normalized spacial score (nSPS) is 13.1. The van der Waals surface area contributed by atoms with Crippen LogP contribution in [0.4, 0.5) is 0 Å². The lowest BCUT2D eigenvalue weighted by atomic mass is 10.2. The van der Waals surface area contributed by atoms with Crippen LogP contribution < -0.4 is 0 Å². The van der Waals surface area contributed by atoms with Gasteiger partial charge in [0.1, 0.15) is 11.9 Å². The van der Waals surface area contributed by atoms with Crippen molar-refractivity contribution in [1.29, 1.82) is 0 Å². The van der Waals surface area contributed by atoms with Crippen LogP contribution in [0, 0.1) is 0 Å². The Morgan fingerprint density at radius 3 is 2.86 bits per heavy atom. The number of aliphatic hydroxyl groups is 1. The quantitative estimate of drug-likeness (QED) is 0.710. The highest BCUT2D eigenvalue weighted by molar-refractivity contribution is 4.94. The van der Waals surface area contributed by atoms with Crippen molar-refractivity contribution in [3.05, 3.63) is 18.2 Å². The molecule has 3 heteroatoms. The van der Waals surface area contributed by atoms with Crippen molar-refractivity contribution in [2.24, 2.45) is 0 Å². The Hall–Kier alpha value is -0.830. The van der Waals surface area contributed by atoms with Gasteiger partial charge in [0.2, 0.25) is 0 Å². The van der Waals surface area contributed by atoms with Gasteiger partial charge in [0, 0.05) is 18.9 Å². The van der Waals surface area contributed by atoms with E-state index in [4.69, 9.17) is 0 Å². The van der Waals surface area contributed by atoms with Crippen molar-refractivity contribution in [2.75, 3.05) is 0 Å². The van der Waals surface area contributed by atoms with Crippen LogP contribution in [-0.2, 0) is 6.54 Å². The zero-order valence-electron chi connectivity index (χ0n) is 9.11. The van der Waals surface area contributed by atoms with Crippen LogP contribution in [0.25, 0.3) is 0 Å². The van der Waals surface area contributed by atoms with Gasteiger partial charge in [0.25, 0.3) is 0 Å². The average molecular weight is 196 g/mol. The molecule has 1 aromatic heterocycles. The number of hydrogen-bond acceptors (Lipinski definition) is 2. The van der Waals surface area contributed by atoms with E-state index in [1.807, 2.05) is 10.8 Å². The molecule has 0 saturated carbocycles. The van der Waals surface area contributed by atoms with Gasteiger partial charge in [-0.25, -0.2) is 4.98 Å². The van der Waals surface area contributed by atoms with Crippen LogP contribution in [0.3, 0.4) is 0 Å². The molecule has 3 nitrogen and oxygen atoms in total. The third-order valence-corrected chi connectivity index (χ3v) is 2.37. The van der Waals surface area contributed by atoms with E-state index in [9.17, 15) is 5.11 Å². The molecule has 0 saturated heterocycles. The van der Waals surface area contributed by atoms with E-state index in [1.165, 1.54) is 25.7 Å². The molecule has 1 rings (SSSR count). The summed E-state index contributed by atoms with van der Waals surface area (Å²) in [6.07, 6.45) is 8.20. The number of aryl methyl sites for hydroxylation is 1. The molecule has 0 aliphatic rings. The van der Waals surface area contributed by atoms with Crippen LogP contribution in [-0.4, -0.2) is 14.7 Å². The number of imidazole rings is 1. The van der Waals surface area contributed by atoms with Crippen molar-refractivity contribution < 1.29 is 5.11 Å². The SMILES string of the molecule is CCCCCCn1ccnc1C(C)O. The number of nitrogens with zero attached hydrogens (tertiary/aromatic N) is 2. The number of aliphatic hydroxyl groups excluding tert-OH is 1. The minimum Gasteiger partial charge on any atom is -0.385 e. The molecular formula is C11H20N2O. The Morgan fingerprint density at radius 1 is 1.43 bits per heavy atom. The fourth-order valence-corrected chi connectivity index (χ4v) is 1.59. The summed E-state index contributed by atoms with van der Waals surface area (Å²) in [6, 6.07) is 0. The van der Waals surface area contributed by atoms with E-state index >= 15 is 0 Å². The lowest BCUT2D eigenvalue weighted by Crippen LogP contribution is -2.06. The van der Waals surface area contributed by atoms with Crippen LogP contribution in [0.2, 0.25) is 0 Å². The summed E-state index contributed by atoms with van der Waals surface area (Å²) in [5, 5.41) is 9.41. The fourth-order valence-electron chi connectivity index (χ4n) is 1.59. The molecule has 0 spiro atoms. The van der Waals surface area contributed by atoms with Gasteiger partial charge in [-0.1, -0.05) is 26.2 Å². The predicted molar refractivity (Wildman–Crippen MR) is 57.0 cm³/mol. The van der Waals surface area contributed by atoms with Gasteiger partial charge in [0.15, 0.2) is 0 Å². The summed E-state index contributed by atoms with van der Waals surface area (Å²) in [4.78, 5) is 4.13. The molecule has 1 aromatic rings. The van der Waals surface area contributed by atoms with E-state index in [0.717, 1.165) is 12.4 Å². The Bertz CT molecular complexity index is 256. The number of unbranched alkanes of at least 4 members (excludes halogenated alkanes) is 3. The van der Waals surface area contributed by atoms with Gasteiger partial charge in [-0.15, -0.1) is 0 Å². The summed E-state index contributed by atoms with van der Waals surface area (Å²) in [6.45, 7) is 4.93. The van der Waals surface area contributed by atoms with Crippen molar-refractivity contribution in [1.82, 2.24) is 9.55 Å². The molecule has 80 valence electrons. The maximum absolute atomic E-state index is 9.41. The second-order valence-electron chi connectivity index (χ2n) is 3.72. The lowest BCUT2D eigenvalue weighted by molar-refractivity contribution is 0.183. The molecule has 1 heterocycles. The number of hydrogen-bond donors (Lipinski definition) is 1. The number of aromatic nitrogens is 2. The molecule has 1 atom stereocenters. The van der Waals surface area contributed by atoms with Crippen LogP contribution >= 0.6 is 0 Å². The topological polar surface area (TPSA) is 38.0 Å². The highest BCUT2D eigenvalue weighted by atomic mass is 16.3. The molecule has 0 aromatic carbocycles. The van der Waals surface area contributed by atoms with Crippen molar-refractivity contribution >= 4 is 0 Å². The standard InChI is InChI=1S/C11H20N2O/c1-3-4-5-6-8-13-9-7-12-11(13)10(2)14/h7,9-10,14H,3-6,8H2,1-2H3. The van der Waals surface area contributed by atoms with Gasteiger partial charge < -0.3 is 9.67 Å². The predicted octanol–water partition coefficient (Wildman–Crippen LogP) is 2.52. The second kappa shape index (κ2) is 5.81.